The summed E-state index contributed by atoms with van der Waals surface area (Å²) in [6, 6.07) is 10.5. The lowest BCUT2D eigenvalue weighted by molar-refractivity contribution is -0.117. The second-order valence-corrected chi connectivity index (χ2v) is 5.67. The molecule has 0 atom stereocenters. The quantitative estimate of drug-likeness (QED) is 0.768. The molecule has 2 aromatic carbocycles. The number of benzene rings is 2. The van der Waals surface area contributed by atoms with Crippen molar-refractivity contribution in [3.05, 3.63) is 58.3 Å². The van der Waals surface area contributed by atoms with Crippen molar-refractivity contribution in [3.8, 4) is 11.4 Å². The van der Waals surface area contributed by atoms with Crippen molar-refractivity contribution in [1.82, 2.24) is 20.2 Å². The lowest BCUT2D eigenvalue weighted by Crippen LogP contribution is -2.20. The van der Waals surface area contributed by atoms with Crippen LogP contribution in [0.1, 0.15) is 0 Å². The molecule has 1 aromatic heterocycles. The van der Waals surface area contributed by atoms with Gasteiger partial charge in [-0.05, 0) is 35.5 Å². The van der Waals surface area contributed by atoms with Gasteiger partial charge in [0.25, 0.3) is 0 Å². The van der Waals surface area contributed by atoms with Gasteiger partial charge in [-0.2, -0.15) is 4.80 Å². The van der Waals surface area contributed by atoms with E-state index in [4.69, 9.17) is 23.2 Å². The Hall–Kier alpha value is -2.51. The van der Waals surface area contributed by atoms with E-state index in [-0.39, 0.29) is 12.4 Å². The average Bonchev–Trinajstić information content (AvgIpc) is 2.99. The summed E-state index contributed by atoms with van der Waals surface area (Å²) >= 11 is 11.8. The van der Waals surface area contributed by atoms with E-state index in [0.717, 1.165) is 4.80 Å². The Balaban J connectivity index is 1.70. The third-order valence-electron chi connectivity index (χ3n) is 3.02. The van der Waals surface area contributed by atoms with Gasteiger partial charge in [0.05, 0.1) is 10.7 Å². The van der Waals surface area contributed by atoms with Gasteiger partial charge < -0.3 is 5.32 Å². The number of aromatic nitrogens is 4. The van der Waals surface area contributed by atoms with E-state index in [1.54, 1.807) is 24.3 Å². The standard InChI is InChI=1S/C15H10Cl2FN5O/c16-10-4-5-12(17)13(7-10)19-14(24)8-23-21-15(20-22-23)9-2-1-3-11(18)6-9/h1-7H,8H2,(H,19,24). The molecule has 0 radical (unpaired) electrons. The number of carbonyl (C=O) groups is 1. The average molecular weight is 366 g/mol. The number of tetrazole rings is 1. The summed E-state index contributed by atoms with van der Waals surface area (Å²) in [6.45, 7) is -0.175. The molecule has 24 heavy (non-hydrogen) atoms. The molecule has 1 heterocycles. The topological polar surface area (TPSA) is 72.7 Å². The maximum Gasteiger partial charge on any atom is 0.248 e. The summed E-state index contributed by atoms with van der Waals surface area (Å²) < 4.78 is 13.2. The normalized spacial score (nSPS) is 10.6. The fourth-order valence-corrected chi connectivity index (χ4v) is 2.30. The van der Waals surface area contributed by atoms with Gasteiger partial charge in [0, 0.05) is 10.6 Å². The van der Waals surface area contributed by atoms with Crippen molar-refractivity contribution in [1.29, 1.82) is 0 Å². The molecule has 3 rings (SSSR count). The van der Waals surface area contributed by atoms with E-state index in [1.807, 2.05) is 0 Å². The first kappa shape index (κ1) is 16.4. The molecule has 9 heteroatoms. The number of carbonyl (C=O) groups excluding carboxylic acids is 1. The Morgan fingerprint density at radius 3 is 2.83 bits per heavy atom. The monoisotopic (exact) mass is 365 g/mol. The van der Waals surface area contributed by atoms with E-state index in [1.165, 1.54) is 18.2 Å². The molecule has 1 amide bonds. The van der Waals surface area contributed by atoms with Gasteiger partial charge in [-0.1, -0.05) is 35.3 Å². The Kier molecular flexibility index (Phi) is 4.73. The summed E-state index contributed by atoms with van der Waals surface area (Å²) in [6.07, 6.45) is 0. The summed E-state index contributed by atoms with van der Waals surface area (Å²) in [5.41, 5.74) is 0.860. The highest BCUT2D eigenvalue weighted by atomic mass is 35.5. The number of nitrogens with zero attached hydrogens (tertiary/aromatic N) is 4. The molecule has 0 aliphatic rings. The molecule has 0 fully saturated rings. The first-order chi connectivity index (χ1) is 11.5. The van der Waals surface area contributed by atoms with E-state index in [2.05, 4.69) is 20.7 Å². The molecule has 1 N–H and O–H groups in total. The van der Waals surface area contributed by atoms with Crippen molar-refractivity contribution >= 4 is 34.8 Å². The van der Waals surface area contributed by atoms with Crippen LogP contribution in [0.25, 0.3) is 11.4 Å². The highest BCUT2D eigenvalue weighted by molar-refractivity contribution is 6.35. The molecular weight excluding hydrogens is 356 g/mol. The summed E-state index contributed by atoms with van der Waals surface area (Å²) in [5.74, 6) is -0.581. The lowest BCUT2D eigenvalue weighted by Gasteiger charge is -2.06. The molecule has 0 aliphatic heterocycles. The predicted molar refractivity (Wildman–Crippen MR) is 88.3 cm³/mol. The molecule has 0 bridgehead atoms. The van der Waals surface area contributed by atoms with Gasteiger partial charge >= 0.3 is 0 Å². The van der Waals surface area contributed by atoms with Crippen LogP contribution in [-0.4, -0.2) is 26.1 Å². The number of hydrogen-bond donors (Lipinski definition) is 1. The number of nitrogens with one attached hydrogen (secondary N) is 1. The maximum atomic E-state index is 13.2. The Morgan fingerprint density at radius 2 is 2.04 bits per heavy atom. The number of halogens is 3. The van der Waals surface area contributed by atoms with Gasteiger partial charge in [-0.25, -0.2) is 4.39 Å². The van der Waals surface area contributed by atoms with Gasteiger partial charge in [0.1, 0.15) is 12.4 Å². The number of amides is 1. The smallest absolute Gasteiger partial charge is 0.248 e. The summed E-state index contributed by atoms with van der Waals surface area (Å²) in [4.78, 5) is 13.1. The minimum atomic E-state index is -0.405. The van der Waals surface area contributed by atoms with Crippen LogP contribution >= 0.6 is 23.2 Å². The Labute approximate surface area is 146 Å². The van der Waals surface area contributed by atoms with Crippen LogP contribution in [0.3, 0.4) is 0 Å². The second-order valence-electron chi connectivity index (χ2n) is 4.83. The van der Waals surface area contributed by atoms with Crippen LogP contribution < -0.4 is 5.32 Å². The second kappa shape index (κ2) is 6.94. The SMILES string of the molecule is O=C(Cn1nnc(-c2cccc(F)c2)n1)Nc1cc(Cl)ccc1Cl. The van der Waals surface area contributed by atoms with Crippen molar-refractivity contribution in [2.45, 2.75) is 6.54 Å². The highest BCUT2D eigenvalue weighted by Gasteiger charge is 2.11. The lowest BCUT2D eigenvalue weighted by atomic mass is 10.2. The molecule has 0 spiro atoms. The number of rotatable bonds is 4. The number of anilines is 1. The van der Waals surface area contributed by atoms with E-state index < -0.39 is 11.7 Å². The predicted octanol–water partition coefficient (Wildman–Crippen LogP) is 3.42. The van der Waals surface area contributed by atoms with E-state index >= 15 is 0 Å². The Morgan fingerprint density at radius 1 is 1.21 bits per heavy atom. The van der Waals surface area contributed by atoms with Crippen LogP contribution in [0.15, 0.2) is 42.5 Å². The molecule has 3 aromatic rings. The molecule has 122 valence electrons. The van der Waals surface area contributed by atoms with Crippen LogP contribution in [0.2, 0.25) is 10.0 Å². The van der Waals surface area contributed by atoms with Gasteiger partial charge in [-0.3, -0.25) is 4.79 Å². The fourth-order valence-electron chi connectivity index (χ4n) is 1.96. The number of hydrogen-bond acceptors (Lipinski definition) is 4. The molecule has 0 saturated heterocycles. The Bertz CT molecular complexity index is 899. The van der Waals surface area contributed by atoms with E-state index in [9.17, 15) is 9.18 Å². The van der Waals surface area contributed by atoms with Crippen molar-refractivity contribution in [2.75, 3.05) is 5.32 Å². The zero-order valence-corrected chi connectivity index (χ0v) is 13.6. The van der Waals surface area contributed by atoms with E-state index in [0.29, 0.717) is 21.3 Å². The zero-order chi connectivity index (χ0) is 17.1. The maximum absolute atomic E-state index is 13.2. The fraction of sp³-hybridized carbons (Fsp3) is 0.0667. The van der Waals surface area contributed by atoms with Gasteiger partial charge in [0.15, 0.2) is 0 Å². The van der Waals surface area contributed by atoms with Gasteiger partial charge in [-0.15, -0.1) is 10.2 Å². The first-order valence-electron chi connectivity index (χ1n) is 6.80. The first-order valence-corrected chi connectivity index (χ1v) is 7.55. The molecule has 0 unspecified atom stereocenters. The molecule has 0 aliphatic carbocycles. The van der Waals surface area contributed by atoms with Crippen molar-refractivity contribution in [3.63, 3.8) is 0 Å². The van der Waals surface area contributed by atoms with Crippen molar-refractivity contribution < 1.29 is 9.18 Å². The zero-order valence-electron chi connectivity index (χ0n) is 12.1. The highest BCUT2D eigenvalue weighted by Crippen LogP contribution is 2.25. The minimum Gasteiger partial charge on any atom is -0.323 e. The van der Waals surface area contributed by atoms with Crippen LogP contribution in [-0.2, 0) is 11.3 Å². The van der Waals surface area contributed by atoms with Crippen molar-refractivity contribution in [2.24, 2.45) is 0 Å². The van der Waals surface area contributed by atoms with Gasteiger partial charge in [0.2, 0.25) is 11.7 Å². The third-order valence-corrected chi connectivity index (χ3v) is 3.59. The molecule has 6 nitrogen and oxygen atoms in total. The molecular formula is C15H10Cl2FN5O. The molecule has 0 saturated carbocycles. The van der Waals surface area contributed by atoms with Crippen LogP contribution in [0, 0.1) is 5.82 Å². The third kappa shape index (κ3) is 3.87. The van der Waals surface area contributed by atoms with Crippen LogP contribution in [0.4, 0.5) is 10.1 Å². The summed E-state index contributed by atoms with van der Waals surface area (Å²) in [5, 5.41) is 15.1. The van der Waals surface area contributed by atoms with Crippen LogP contribution in [0.5, 0.6) is 0 Å². The minimum absolute atomic E-state index is 0.175. The largest absolute Gasteiger partial charge is 0.323 e. The summed E-state index contributed by atoms with van der Waals surface area (Å²) in [7, 11) is 0.